The molecule has 1 rings (SSSR count). The molecule has 2 N–H and O–H groups in total. The number of aliphatic hydroxyl groups is 1. The molecule has 4 nitrogen and oxygen atoms in total. The molecule has 0 saturated heterocycles. The van der Waals surface area contributed by atoms with E-state index >= 15 is 0 Å². The van der Waals surface area contributed by atoms with E-state index in [1.54, 1.807) is 0 Å². The second-order valence-electron chi connectivity index (χ2n) is 2.64. The Balaban J connectivity index is 3.24. The van der Waals surface area contributed by atoms with E-state index in [2.05, 4.69) is 0 Å². The first-order valence-corrected chi connectivity index (χ1v) is 5.20. The van der Waals surface area contributed by atoms with E-state index in [-0.39, 0.29) is 10.6 Å². The topological polar surface area (TPSA) is 74.6 Å². The van der Waals surface area contributed by atoms with E-state index in [0.29, 0.717) is 0 Å². The molecular formula is C8H10O4S. The molecule has 0 aliphatic rings. The lowest BCUT2D eigenvalue weighted by Gasteiger charge is -2.06. The molecule has 1 unspecified atom stereocenters. The number of phenolic OH excluding ortho intramolecular Hbond substituents is 1. The molecule has 0 aliphatic heterocycles. The van der Waals surface area contributed by atoms with Gasteiger partial charge >= 0.3 is 0 Å². The zero-order chi connectivity index (χ0) is 10.1. The molecule has 0 aromatic heterocycles. The summed E-state index contributed by atoms with van der Waals surface area (Å²) in [4.78, 5) is -0.0810. The summed E-state index contributed by atoms with van der Waals surface area (Å²) in [7, 11) is -3.70. The van der Waals surface area contributed by atoms with Crippen LogP contribution in [-0.4, -0.2) is 24.1 Å². The minimum atomic E-state index is -3.70. The zero-order valence-corrected chi connectivity index (χ0v) is 7.82. The molecule has 72 valence electrons. The Morgan fingerprint density at radius 2 is 2.00 bits per heavy atom. The first-order valence-electron chi connectivity index (χ1n) is 3.65. The molecule has 13 heavy (non-hydrogen) atoms. The van der Waals surface area contributed by atoms with E-state index in [4.69, 9.17) is 10.2 Å². The SMILES string of the molecule is CC(O)S(=O)(=O)c1cccc(O)c1. The van der Waals surface area contributed by atoms with Crippen LogP contribution in [0.5, 0.6) is 5.75 Å². The maximum atomic E-state index is 11.3. The fourth-order valence-electron chi connectivity index (χ4n) is 0.857. The van der Waals surface area contributed by atoms with Crippen molar-refractivity contribution in [2.45, 2.75) is 17.3 Å². The van der Waals surface area contributed by atoms with E-state index in [9.17, 15) is 8.42 Å². The Labute approximate surface area is 76.4 Å². The molecule has 0 spiro atoms. The van der Waals surface area contributed by atoms with Crippen molar-refractivity contribution in [2.75, 3.05) is 0 Å². The van der Waals surface area contributed by atoms with E-state index in [0.717, 1.165) is 6.07 Å². The highest BCUT2D eigenvalue weighted by Gasteiger charge is 2.20. The highest BCUT2D eigenvalue weighted by atomic mass is 32.2. The summed E-state index contributed by atoms with van der Waals surface area (Å²) in [5, 5.41) is 18.0. The molecule has 0 bridgehead atoms. The van der Waals surface area contributed by atoms with Gasteiger partial charge in [0.1, 0.15) is 5.75 Å². The third-order valence-electron chi connectivity index (χ3n) is 1.60. The van der Waals surface area contributed by atoms with E-state index in [1.807, 2.05) is 0 Å². The lowest BCUT2D eigenvalue weighted by atomic mass is 10.3. The second-order valence-corrected chi connectivity index (χ2v) is 4.89. The predicted molar refractivity (Wildman–Crippen MR) is 47.0 cm³/mol. The number of sulfone groups is 1. The first kappa shape index (κ1) is 10.0. The molecule has 1 aromatic rings. The fourth-order valence-corrected chi connectivity index (χ4v) is 1.80. The summed E-state index contributed by atoms with van der Waals surface area (Å²) in [6.07, 6.45) is 0. The van der Waals surface area contributed by atoms with Crippen LogP contribution >= 0.6 is 0 Å². The molecule has 0 aliphatic carbocycles. The predicted octanol–water partition coefficient (Wildman–Crippen LogP) is 0.504. The van der Waals surface area contributed by atoms with Crippen molar-refractivity contribution in [3.05, 3.63) is 24.3 Å². The van der Waals surface area contributed by atoms with Crippen molar-refractivity contribution < 1.29 is 18.6 Å². The zero-order valence-electron chi connectivity index (χ0n) is 7.01. The Bertz CT molecular complexity index is 394. The maximum Gasteiger partial charge on any atom is 0.204 e. The highest BCUT2D eigenvalue weighted by Crippen LogP contribution is 2.18. The number of benzene rings is 1. The highest BCUT2D eigenvalue weighted by molar-refractivity contribution is 7.91. The summed E-state index contributed by atoms with van der Waals surface area (Å²) >= 11 is 0. The van der Waals surface area contributed by atoms with E-state index < -0.39 is 15.3 Å². The average molecular weight is 202 g/mol. The molecule has 1 atom stereocenters. The van der Waals surface area contributed by atoms with Crippen LogP contribution in [0, 0.1) is 0 Å². The van der Waals surface area contributed by atoms with Gasteiger partial charge in [-0.3, -0.25) is 0 Å². The van der Waals surface area contributed by atoms with Gasteiger partial charge in [-0.2, -0.15) is 0 Å². The van der Waals surface area contributed by atoms with Crippen molar-refractivity contribution in [1.82, 2.24) is 0 Å². The molecule has 1 aromatic carbocycles. The van der Waals surface area contributed by atoms with Crippen molar-refractivity contribution in [3.63, 3.8) is 0 Å². The largest absolute Gasteiger partial charge is 0.508 e. The number of phenols is 1. The molecular weight excluding hydrogens is 192 g/mol. The van der Waals surface area contributed by atoms with Gasteiger partial charge < -0.3 is 10.2 Å². The second kappa shape index (κ2) is 3.35. The van der Waals surface area contributed by atoms with Crippen LogP contribution < -0.4 is 0 Å². The molecule has 0 amide bonds. The normalized spacial score (nSPS) is 14.0. The maximum absolute atomic E-state index is 11.3. The molecule has 0 radical (unpaired) electrons. The molecule has 0 saturated carbocycles. The number of hydrogen-bond donors (Lipinski definition) is 2. The monoisotopic (exact) mass is 202 g/mol. The van der Waals surface area contributed by atoms with Crippen LogP contribution in [0.2, 0.25) is 0 Å². The standard InChI is InChI=1S/C8H10O4S/c1-6(9)13(11,12)8-4-2-3-7(10)5-8/h2-6,9-10H,1H3. The van der Waals surface area contributed by atoms with Crippen molar-refractivity contribution >= 4 is 9.84 Å². The summed E-state index contributed by atoms with van der Waals surface area (Å²) in [5.41, 5.74) is -1.46. The van der Waals surface area contributed by atoms with Crippen LogP contribution in [0.15, 0.2) is 29.2 Å². The lowest BCUT2D eigenvalue weighted by molar-refractivity contribution is 0.268. The average Bonchev–Trinajstić information content (AvgIpc) is 2.04. The van der Waals surface area contributed by atoms with Crippen LogP contribution in [0.25, 0.3) is 0 Å². The first-order chi connectivity index (χ1) is 5.94. The van der Waals surface area contributed by atoms with Gasteiger partial charge in [0.25, 0.3) is 0 Å². The van der Waals surface area contributed by atoms with Crippen LogP contribution in [0.1, 0.15) is 6.92 Å². The van der Waals surface area contributed by atoms with Gasteiger partial charge in [0.2, 0.25) is 9.84 Å². The minimum absolute atomic E-state index is 0.0810. The Morgan fingerprint density at radius 1 is 1.38 bits per heavy atom. The van der Waals surface area contributed by atoms with Crippen molar-refractivity contribution in [3.8, 4) is 5.75 Å². The van der Waals surface area contributed by atoms with Gasteiger partial charge in [0, 0.05) is 0 Å². The molecule has 0 fully saturated rings. The molecule has 5 heteroatoms. The quantitative estimate of drug-likeness (QED) is 0.732. The number of hydrogen-bond acceptors (Lipinski definition) is 4. The van der Waals surface area contributed by atoms with Crippen molar-refractivity contribution in [1.29, 1.82) is 0 Å². The minimum Gasteiger partial charge on any atom is -0.508 e. The van der Waals surface area contributed by atoms with Gasteiger partial charge in [-0.15, -0.1) is 0 Å². The summed E-state index contributed by atoms with van der Waals surface area (Å²) in [6, 6.07) is 5.19. The Morgan fingerprint density at radius 3 is 2.46 bits per heavy atom. The Hall–Kier alpha value is -1.07. The van der Waals surface area contributed by atoms with Crippen LogP contribution in [-0.2, 0) is 9.84 Å². The summed E-state index contributed by atoms with van der Waals surface area (Å²) in [5.74, 6) is -0.137. The smallest absolute Gasteiger partial charge is 0.204 e. The van der Waals surface area contributed by atoms with Gasteiger partial charge in [-0.1, -0.05) is 6.07 Å². The fraction of sp³-hybridized carbons (Fsp3) is 0.250. The number of aromatic hydroxyl groups is 1. The number of aliphatic hydroxyl groups excluding tert-OH is 1. The van der Waals surface area contributed by atoms with Gasteiger partial charge in [-0.05, 0) is 25.1 Å². The van der Waals surface area contributed by atoms with Crippen molar-refractivity contribution in [2.24, 2.45) is 0 Å². The summed E-state index contributed by atoms with van der Waals surface area (Å²) in [6.45, 7) is 1.17. The van der Waals surface area contributed by atoms with Crippen LogP contribution in [0.3, 0.4) is 0 Å². The van der Waals surface area contributed by atoms with Crippen LogP contribution in [0.4, 0.5) is 0 Å². The number of rotatable bonds is 2. The lowest BCUT2D eigenvalue weighted by Crippen LogP contribution is -2.16. The van der Waals surface area contributed by atoms with Gasteiger partial charge in [-0.25, -0.2) is 8.42 Å². The van der Waals surface area contributed by atoms with Gasteiger partial charge in [0.15, 0.2) is 5.44 Å². The molecule has 0 heterocycles. The third-order valence-corrected chi connectivity index (χ3v) is 3.40. The van der Waals surface area contributed by atoms with E-state index in [1.165, 1.54) is 25.1 Å². The third kappa shape index (κ3) is 1.99. The van der Waals surface area contributed by atoms with Gasteiger partial charge in [0.05, 0.1) is 4.90 Å². The summed E-state index contributed by atoms with van der Waals surface area (Å²) < 4.78 is 22.6. The Kier molecular flexibility index (Phi) is 2.58.